The van der Waals surface area contributed by atoms with Crippen LogP contribution in [0.4, 0.5) is 0 Å². The summed E-state index contributed by atoms with van der Waals surface area (Å²) >= 11 is 0. The van der Waals surface area contributed by atoms with Crippen LogP contribution in [0.3, 0.4) is 0 Å². The first-order valence-corrected chi connectivity index (χ1v) is 10.5. The molecule has 28 heavy (non-hydrogen) atoms. The minimum Gasteiger partial charge on any atom is -0.340 e. The van der Waals surface area contributed by atoms with E-state index < -0.39 is 5.54 Å². The number of aromatic nitrogens is 2. The first-order chi connectivity index (χ1) is 13.6. The molecule has 0 aliphatic heterocycles. The Labute approximate surface area is 167 Å². The molecular formula is C22H32N4O2. The molecular weight excluding hydrogens is 352 g/mol. The number of hydrogen-bond donors (Lipinski definition) is 1. The van der Waals surface area contributed by atoms with Crippen molar-refractivity contribution in [3.63, 3.8) is 0 Å². The van der Waals surface area contributed by atoms with Gasteiger partial charge in [0.15, 0.2) is 5.82 Å². The molecule has 0 bridgehead atoms. The van der Waals surface area contributed by atoms with Gasteiger partial charge < -0.3 is 9.84 Å². The number of carbonyl (C=O) groups is 1. The van der Waals surface area contributed by atoms with Crippen LogP contribution in [0.1, 0.15) is 80.0 Å². The second-order valence-corrected chi connectivity index (χ2v) is 7.75. The summed E-state index contributed by atoms with van der Waals surface area (Å²) in [6, 6.07) is 7.93. The van der Waals surface area contributed by atoms with E-state index in [-0.39, 0.29) is 5.91 Å². The van der Waals surface area contributed by atoms with Crippen LogP contribution in [0.2, 0.25) is 0 Å². The lowest BCUT2D eigenvalue weighted by atomic mass is 9.88. The Hall–Kier alpha value is -2.21. The highest BCUT2D eigenvalue weighted by Crippen LogP contribution is 2.35. The lowest BCUT2D eigenvalue weighted by Gasteiger charge is -2.30. The van der Waals surface area contributed by atoms with Crippen LogP contribution in [0.5, 0.6) is 0 Å². The van der Waals surface area contributed by atoms with Gasteiger partial charge in [-0.2, -0.15) is 4.98 Å². The number of amides is 1. The molecule has 6 heteroatoms. The van der Waals surface area contributed by atoms with Gasteiger partial charge in [0.2, 0.25) is 5.89 Å². The van der Waals surface area contributed by atoms with E-state index in [0.717, 1.165) is 45.3 Å². The summed E-state index contributed by atoms with van der Waals surface area (Å²) in [5.74, 6) is 1.07. The fourth-order valence-electron chi connectivity index (χ4n) is 3.99. The largest absolute Gasteiger partial charge is 0.340 e. The van der Waals surface area contributed by atoms with Crippen molar-refractivity contribution < 1.29 is 9.32 Å². The van der Waals surface area contributed by atoms with Gasteiger partial charge in [0.05, 0.1) is 0 Å². The molecule has 0 spiro atoms. The van der Waals surface area contributed by atoms with Gasteiger partial charge in [-0.1, -0.05) is 56.8 Å². The van der Waals surface area contributed by atoms with Crippen LogP contribution in [-0.4, -0.2) is 34.0 Å². The Morgan fingerprint density at radius 1 is 1.11 bits per heavy atom. The maximum atomic E-state index is 13.0. The highest BCUT2D eigenvalue weighted by molar-refractivity contribution is 5.94. The summed E-state index contributed by atoms with van der Waals surface area (Å²) in [5, 5.41) is 7.43. The molecule has 0 atom stereocenters. The Bertz CT molecular complexity index is 757. The number of hydrogen-bond acceptors (Lipinski definition) is 5. The van der Waals surface area contributed by atoms with Crippen molar-refractivity contribution in [3.05, 3.63) is 47.1 Å². The molecule has 3 rings (SSSR count). The van der Waals surface area contributed by atoms with E-state index in [0.29, 0.717) is 17.3 Å². The molecule has 1 saturated carbocycles. The average Bonchev–Trinajstić information content (AvgIpc) is 3.02. The number of rotatable bonds is 7. The second-order valence-electron chi connectivity index (χ2n) is 7.75. The van der Waals surface area contributed by atoms with Crippen LogP contribution < -0.4 is 5.32 Å². The summed E-state index contributed by atoms with van der Waals surface area (Å²) in [6.45, 7) is 9.06. The smallest absolute Gasteiger partial charge is 0.252 e. The molecule has 152 valence electrons. The molecule has 6 nitrogen and oxygen atoms in total. The molecule has 1 aliphatic carbocycles. The van der Waals surface area contributed by atoms with Crippen LogP contribution in [-0.2, 0) is 12.1 Å². The molecule has 2 aromatic rings. The normalized spacial score (nSPS) is 16.7. The van der Waals surface area contributed by atoms with E-state index in [2.05, 4.69) is 34.2 Å². The zero-order chi connectivity index (χ0) is 20.0. The minimum atomic E-state index is -0.536. The van der Waals surface area contributed by atoms with Gasteiger partial charge in [0, 0.05) is 19.0 Å². The fraction of sp³-hybridized carbons (Fsp3) is 0.591. The molecule has 1 heterocycles. The Morgan fingerprint density at radius 2 is 1.75 bits per heavy atom. The summed E-state index contributed by atoms with van der Waals surface area (Å²) in [4.78, 5) is 19.9. The maximum absolute atomic E-state index is 13.0. The second kappa shape index (κ2) is 9.32. The number of benzene rings is 1. The zero-order valence-electron chi connectivity index (χ0n) is 17.3. The SMILES string of the molecule is CCN(CC)Cc1ccc(C(=O)NC2(c3noc(C)n3)CCCCCC2)cc1. The van der Waals surface area contributed by atoms with Gasteiger partial charge in [0.1, 0.15) is 5.54 Å². The Kier molecular flexibility index (Phi) is 6.83. The van der Waals surface area contributed by atoms with E-state index in [1.165, 1.54) is 18.4 Å². The topological polar surface area (TPSA) is 71.3 Å². The Balaban J connectivity index is 1.76. The van der Waals surface area contributed by atoms with Crippen molar-refractivity contribution in [1.82, 2.24) is 20.4 Å². The summed E-state index contributed by atoms with van der Waals surface area (Å²) in [7, 11) is 0. The van der Waals surface area contributed by atoms with Crippen LogP contribution >= 0.6 is 0 Å². The molecule has 1 aromatic heterocycles. The fourth-order valence-corrected chi connectivity index (χ4v) is 3.99. The van der Waals surface area contributed by atoms with Crippen molar-refractivity contribution in [2.24, 2.45) is 0 Å². The third-order valence-electron chi connectivity index (χ3n) is 5.78. The number of aryl methyl sites for hydroxylation is 1. The monoisotopic (exact) mass is 384 g/mol. The third kappa shape index (κ3) is 4.79. The van der Waals surface area contributed by atoms with Gasteiger partial charge in [-0.3, -0.25) is 9.69 Å². The highest BCUT2D eigenvalue weighted by Gasteiger charge is 2.39. The Morgan fingerprint density at radius 3 is 2.29 bits per heavy atom. The summed E-state index contributed by atoms with van der Waals surface area (Å²) < 4.78 is 5.23. The molecule has 1 aliphatic rings. The van der Waals surface area contributed by atoms with E-state index in [9.17, 15) is 4.79 Å². The van der Waals surface area contributed by atoms with E-state index in [1.807, 2.05) is 24.3 Å². The van der Waals surface area contributed by atoms with Gasteiger partial charge in [-0.15, -0.1) is 0 Å². The lowest BCUT2D eigenvalue weighted by molar-refractivity contribution is 0.0876. The number of nitrogens with one attached hydrogen (secondary N) is 1. The van der Waals surface area contributed by atoms with Crippen molar-refractivity contribution in [2.45, 2.75) is 71.4 Å². The molecule has 0 unspecified atom stereocenters. The van der Waals surface area contributed by atoms with Crippen molar-refractivity contribution in [3.8, 4) is 0 Å². The zero-order valence-corrected chi connectivity index (χ0v) is 17.3. The molecule has 1 fully saturated rings. The predicted octanol–water partition coefficient (Wildman–Crippen LogP) is 4.20. The molecule has 0 saturated heterocycles. The van der Waals surface area contributed by atoms with E-state index in [1.54, 1.807) is 6.92 Å². The predicted molar refractivity (Wildman–Crippen MR) is 109 cm³/mol. The first kappa shape index (κ1) is 20.5. The molecule has 1 aromatic carbocycles. The average molecular weight is 385 g/mol. The summed E-state index contributed by atoms with van der Waals surface area (Å²) in [6.07, 6.45) is 6.14. The quantitative estimate of drug-likeness (QED) is 0.725. The van der Waals surface area contributed by atoms with Gasteiger partial charge in [-0.05, 0) is 43.6 Å². The lowest BCUT2D eigenvalue weighted by Crippen LogP contribution is -2.46. The molecule has 1 N–H and O–H groups in total. The maximum Gasteiger partial charge on any atom is 0.252 e. The third-order valence-corrected chi connectivity index (χ3v) is 5.78. The molecule has 0 radical (unpaired) electrons. The number of carbonyl (C=O) groups excluding carboxylic acids is 1. The standard InChI is InChI=1S/C22H32N4O2/c1-4-26(5-2)16-18-10-12-19(13-11-18)20(27)24-22(14-8-6-7-9-15-22)21-23-17(3)28-25-21/h10-13H,4-9,14-16H2,1-3H3,(H,24,27). The van der Waals surface area contributed by atoms with Crippen LogP contribution in [0.25, 0.3) is 0 Å². The van der Waals surface area contributed by atoms with Crippen molar-refractivity contribution in [1.29, 1.82) is 0 Å². The van der Waals surface area contributed by atoms with Gasteiger partial charge in [-0.25, -0.2) is 0 Å². The van der Waals surface area contributed by atoms with Gasteiger partial charge >= 0.3 is 0 Å². The first-order valence-electron chi connectivity index (χ1n) is 10.5. The minimum absolute atomic E-state index is 0.0706. The highest BCUT2D eigenvalue weighted by atomic mass is 16.5. The number of nitrogens with zero attached hydrogens (tertiary/aromatic N) is 3. The van der Waals surface area contributed by atoms with E-state index >= 15 is 0 Å². The van der Waals surface area contributed by atoms with E-state index in [4.69, 9.17) is 4.52 Å². The van der Waals surface area contributed by atoms with Gasteiger partial charge in [0.25, 0.3) is 5.91 Å². The van der Waals surface area contributed by atoms with Crippen LogP contribution in [0.15, 0.2) is 28.8 Å². The molecule has 1 amide bonds. The summed E-state index contributed by atoms with van der Waals surface area (Å²) in [5.41, 5.74) is 1.36. The van der Waals surface area contributed by atoms with Crippen LogP contribution in [0, 0.1) is 6.92 Å². The van der Waals surface area contributed by atoms with Crippen molar-refractivity contribution >= 4 is 5.91 Å². The van der Waals surface area contributed by atoms with Crippen molar-refractivity contribution in [2.75, 3.05) is 13.1 Å².